The molecule has 5 nitrogen and oxygen atoms in total. The van der Waals surface area contributed by atoms with Crippen LogP contribution in [0, 0.1) is 5.92 Å². The first-order valence-electron chi connectivity index (χ1n) is 7.12. The Hall–Kier alpha value is -0.850. The summed E-state index contributed by atoms with van der Waals surface area (Å²) >= 11 is 5.70. The maximum Gasteiger partial charge on any atom is 0.247 e. The maximum atomic E-state index is 12.6. The molecule has 0 unspecified atom stereocenters. The minimum Gasteiger partial charge on any atom is -0.390 e. The van der Waals surface area contributed by atoms with Crippen molar-refractivity contribution in [1.29, 1.82) is 0 Å². The highest BCUT2D eigenvalue weighted by Crippen LogP contribution is 2.48. The molecule has 3 rings (SSSR count). The second-order valence-corrected chi connectivity index (χ2v) is 8.22. The summed E-state index contributed by atoms with van der Waals surface area (Å²) in [6.07, 6.45) is 5.45. The van der Waals surface area contributed by atoms with Crippen LogP contribution in [-0.4, -0.2) is 42.2 Å². The van der Waals surface area contributed by atoms with Crippen molar-refractivity contribution in [2.24, 2.45) is 5.92 Å². The number of fused-ring (bicyclic) bond motifs is 1. The van der Waals surface area contributed by atoms with Gasteiger partial charge < -0.3 is 10.4 Å². The number of hydrogen-bond donors (Lipinski definition) is 2. The third-order valence-electron chi connectivity index (χ3n) is 4.73. The highest BCUT2D eigenvalue weighted by Gasteiger charge is 2.72. The standard InChI is InChI=1S/C14H18ClNO4S/c15-7-6-10-8-21(19,20)14(11(10)16-13(14)18)12(17)9-4-2-1-3-5-9/h2,4,8-9,11-12,17H,1,3,5-7H2,(H,16,18)/t9-,11+,12+,14+/m1/s1. The Kier molecular flexibility index (Phi) is 3.66. The van der Waals surface area contributed by atoms with E-state index in [1.54, 1.807) is 0 Å². The lowest BCUT2D eigenvalue weighted by atomic mass is 9.73. The maximum absolute atomic E-state index is 12.6. The zero-order valence-corrected chi connectivity index (χ0v) is 13.0. The molecule has 1 fully saturated rings. The molecule has 0 aromatic heterocycles. The van der Waals surface area contributed by atoms with Gasteiger partial charge in [-0.05, 0) is 31.3 Å². The molecular weight excluding hydrogens is 314 g/mol. The largest absolute Gasteiger partial charge is 0.390 e. The molecule has 21 heavy (non-hydrogen) atoms. The van der Waals surface area contributed by atoms with E-state index in [2.05, 4.69) is 5.32 Å². The minimum absolute atomic E-state index is 0.281. The molecule has 4 atom stereocenters. The summed E-state index contributed by atoms with van der Waals surface area (Å²) in [5.74, 6) is -0.617. The van der Waals surface area contributed by atoms with Crippen LogP contribution < -0.4 is 5.32 Å². The summed E-state index contributed by atoms with van der Waals surface area (Å²) in [5.41, 5.74) is 0.587. The van der Waals surface area contributed by atoms with Gasteiger partial charge >= 0.3 is 0 Å². The van der Waals surface area contributed by atoms with E-state index in [1.807, 2.05) is 12.2 Å². The van der Waals surface area contributed by atoms with Gasteiger partial charge in [-0.25, -0.2) is 8.42 Å². The van der Waals surface area contributed by atoms with Crippen molar-refractivity contribution >= 4 is 27.3 Å². The van der Waals surface area contributed by atoms with Crippen molar-refractivity contribution in [3.63, 3.8) is 0 Å². The number of sulfone groups is 1. The van der Waals surface area contributed by atoms with Crippen LogP contribution in [0.25, 0.3) is 0 Å². The molecule has 2 aliphatic heterocycles. The Morgan fingerprint density at radius 3 is 2.86 bits per heavy atom. The van der Waals surface area contributed by atoms with E-state index in [0.717, 1.165) is 18.2 Å². The molecule has 0 saturated carbocycles. The van der Waals surface area contributed by atoms with Gasteiger partial charge in [0.2, 0.25) is 10.7 Å². The summed E-state index contributed by atoms with van der Waals surface area (Å²) in [6, 6.07) is -0.640. The second-order valence-electron chi connectivity index (χ2n) is 5.84. The molecule has 2 heterocycles. The number of aliphatic hydroxyl groups excluding tert-OH is 1. The number of β-lactam (4-membered cyclic amide) rings is 1. The predicted molar refractivity (Wildman–Crippen MR) is 79.5 cm³/mol. The van der Waals surface area contributed by atoms with E-state index in [1.165, 1.54) is 0 Å². The first-order chi connectivity index (χ1) is 9.95. The lowest BCUT2D eigenvalue weighted by molar-refractivity contribution is -0.137. The zero-order chi connectivity index (χ0) is 15.3. The molecule has 3 aliphatic rings. The number of rotatable bonds is 4. The SMILES string of the molecule is O=C1N[C@H]2C(CCCl)=CS(=O)(=O)[C@@]12[C@@H](O)[C@@H]1C=CCCC1. The number of carbonyl (C=O) groups is 1. The van der Waals surface area contributed by atoms with Crippen molar-refractivity contribution in [1.82, 2.24) is 5.32 Å². The fourth-order valence-corrected chi connectivity index (χ4v) is 6.07. The van der Waals surface area contributed by atoms with Crippen molar-refractivity contribution in [2.45, 2.75) is 42.6 Å². The summed E-state index contributed by atoms with van der Waals surface area (Å²) in [5, 5.41) is 14.4. The van der Waals surface area contributed by atoms with Crippen LogP contribution in [0.5, 0.6) is 0 Å². The van der Waals surface area contributed by atoms with E-state index < -0.39 is 32.6 Å². The van der Waals surface area contributed by atoms with Crippen LogP contribution in [0.15, 0.2) is 23.1 Å². The van der Waals surface area contributed by atoms with Crippen molar-refractivity contribution < 1.29 is 18.3 Å². The third-order valence-corrected chi connectivity index (χ3v) is 7.13. The number of nitrogens with one attached hydrogen (secondary N) is 1. The van der Waals surface area contributed by atoms with E-state index >= 15 is 0 Å². The van der Waals surface area contributed by atoms with Gasteiger partial charge in [-0.1, -0.05) is 12.2 Å². The average molecular weight is 332 g/mol. The molecule has 7 heteroatoms. The van der Waals surface area contributed by atoms with Crippen LogP contribution in [0.3, 0.4) is 0 Å². The van der Waals surface area contributed by atoms with Gasteiger partial charge in [0.25, 0.3) is 0 Å². The molecule has 1 amide bonds. The number of aliphatic hydroxyl groups is 1. The van der Waals surface area contributed by atoms with Crippen LogP contribution in [0.2, 0.25) is 0 Å². The van der Waals surface area contributed by atoms with E-state index in [9.17, 15) is 18.3 Å². The predicted octanol–water partition coefficient (Wildman–Crippen LogP) is 0.882. The third kappa shape index (κ3) is 1.92. The first-order valence-corrected chi connectivity index (χ1v) is 9.20. The minimum atomic E-state index is -3.83. The fourth-order valence-electron chi connectivity index (χ4n) is 3.64. The van der Waals surface area contributed by atoms with Crippen LogP contribution in [0.1, 0.15) is 25.7 Å². The number of alkyl halides is 1. The van der Waals surface area contributed by atoms with E-state index in [-0.39, 0.29) is 11.8 Å². The number of hydrogen-bond acceptors (Lipinski definition) is 4. The highest BCUT2D eigenvalue weighted by molar-refractivity contribution is 7.97. The molecule has 0 bridgehead atoms. The van der Waals surface area contributed by atoms with Crippen LogP contribution in [-0.2, 0) is 14.6 Å². The van der Waals surface area contributed by atoms with Crippen LogP contribution >= 0.6 is 11.6 Å². The molecule has 2 N–H and O–H groups in total. The smallest absolute Gasteiger partial charge is 0.247 e. The lowest BCUT2D eigenvalue weighted by Gasteiger charge is -2.48. The van der Waals surface area contributed by atoms with Crippen LogP contribution in [0.4, 0.5) is 0 Å². The fraction of sp³-hybridized carbons (Fsp3) is 0.643. The zero-order valence-electron chi connectivity index (χ0n) is 11.5. The Morgan fingerprint density at radius 1 is 1.52 bits per heavy atom. The molecule has 0 spiro atoms. The topological polar surface area (TPSA) is 83.5 Å². The van der Waals surface area contributed by atoms with Gasteiger partial charge in [0, 0.05) is 17.2 Å². The Labute approximate surface area is 129 Å². The molecule has 0 aromatic carbocycles. The molecular formula is C14H18ClNO4S. The summed E-state index contributed by atoms with van der Waals surface area (Å²) in [7, 11) is -3.83. The number of amides is 1. The Balaban J connectivity index is 2.00. The number of halogens is 1. The van der Waals surface area contributed by atoms with Crippen molar-refractivity contribution in [3.05, 3.63) is 23.1 Å². The molecule has 0 aromatic rings. The second kappa shape index (κ2) is 5.11. The molecule has 1 saturated heterocycles. The number of allylic oxidation sites excluding steroid dienone is 1. The van der Waals surface area contributed by atoms with Gasteiger partial charge in [0.05, 0.1) is 12.1 Å². The van der Waals surface area contributed by atoms with E-state index in [4.69, 9.17) is 11.6 Å². The summed E-state index contributed by atoms with van der Waals surface area (Å²) < 4.78 is 23.4. The van der Waals surface area contributed by atoms with Gasteiger partial charge in [-0.2, -0.15) is 0 Å². The highest BCUT2D eigenvalue weighted by atomic mass is 35.5. The molecule has 116 valence electrons. The average Bonchev–Trinajstić information content (AvgIpc) is 2.62. The normalized spacial score (nSPS) is 38.2. The summed E-state index contributed by atoms with van der Waals surface area (Å²) in [4.78, 5) is 12.1. The van der Waals surface area contributed by atoms with Gasteiger partial charge in [0.15, 0.2) is 9.84 Å². The Bertz CT molecular complexity index is 627. The number of carbonyl (C=O) groups excluding carboxylic acids is 1. The van der Waals surface area contributed by atoms with Crippen molar-refractivity contribution in [2.75, 3.05) is 5.88 Å². The van der Waals surface area contributed by atoms with Crippen molar-refractivity contribution in [3.8, 4) is 0 Å². The Morgan fingerprint density at radius 2 is 2.29 bits per heavy atom. The molecule has 1 aliphatic carbocycles. The monoisotopic (exact) mass is 331 g/mol. The molecule has 0 radical (unpaired) electrons. The van der Waals surface area contributed by atoms with E-state index in [0.29, 0.717) is 18.4 Å². The van der Waals surface area contributed by atoms with Gasteiger partial charge in [-0.15, -0.1) is 11.6 Å². The van der Waals surface area contributed by atoms with Gasteiger partial charge in [-0.3, -0.25) is 4.79 Å². The first kappa shape index (κ1) is 15.1. The summed E-state index contributed by atoms with van der Waals surface area (Å²) in [6.45, 7) is 0. The quantitative estimate of drug-likeness (QED) is 0.455. The van der Waals surface area contributed by atoms with Gasteiger partial charge in [0.1, 0.15) is 0 Å². The lowest BCUT2D eigenvalue weighted by Crippen LogP contribution is -2.79.